The molecular weight excluding hydrogens is 278 g/mol. The molecule has 0 aliphatic carbocycles. The Morgan fingerprint density at radius 3 is 2.42 bits per heavy atom. The zero-order valence-corrected chi connectivity index (χ0v) is 10.2. The Hall–Kier alpha value is -2.29. The smallest absolute Gasteiger partial charge is 0.265 e. The van der Waals surface area contributed by atoms with Crippen molar-refractivity contribution in [1.29, 1.82) is 0 Å². The number of nitrogens with one attached hydrogen (secondary N) is 1. The van der Waals surface area contributed by atoms with E-state index in [0.717, 1.165) is 12.1 Å². The zero-order valence-electron chi connectivity index (χ0n) is 9.34. The van der Waals surface area contributed by atoms with Crippen molar-refractivity contribution in [3.8, 4) is 0 Å². The van der Waals surface area contributed by atoms with Crippen LogP contribution in [-0.2, 0) is 10.0 Å². The average Bonchev–Trinajstić information content (AvgIpc) is 2.36. The molecule has 0 saturated heterocycles. The summed E-state index contributed by atoms with van der Waals surface area (Å²) in [5, 5.41) is 0. The second-order valence-corrected chi connectivity index (χ2v) is 5.16. The van der Waals surface area contributed by atoms with Gasteiger partial charge in [-0.3, -0.25) is 4.72 Å². The summed E-state index contributed by atoms with van der Waals surface area (Å²) < 4.78 is 52.5. The molecule has 0 unspecified atom stereocenters. The van der Waals surface area contributed by atoms with E-state index in [2.05, 4.69) is 14.7 Å². The van der Waals surface area contributed by atoms with Gasteiger partial charge in [-0.2, -0.15) is 0 Å². The molecule has 6 nitrogen and oxygen atoms in total. The molecule has 100 valence electrons. The van der Waals surface area contributed by atoms with Crippen LogP contribution in [0.3, 0.4) is 0 Å². The number of nitrogens with zero attached hydrogens (tertiary/aromatic N) is 2. The molecule has 1 heterocycles. The first kappa shape index (κ1) is 13.1. The van der Waals surface area contributed by atoms with Gasteiger partial charge in [0.1, 0.15) is 22.7 Å². The van der Waals surface area contributed by atoms with Crippen LogP contribution in [-0.4, -0.2) is 18.4 Å². The summed E-state index contributed by atoms with van der Waals surface area (Å²) in [5.41, 5.74) is 4.30. The first-order chi connectivity index (χ1) is 8.92. The van der Waals surface area contributed by atoms with Gasteiger partial charge < -0.3 is 5.73 Å². The Morgan fingerprint density at radius 2 is 1.79 bits per heavy atom. The quantitative estimate of drug-likeness (QED) is 0.824. The van der Waals surface area contributed by atoms with Crippen LogP contribution >= 0.6 is 0 Å². The van der Waals surface area contributed by atoms with Crippen molar-refractivity contribution in [2.45, 2.75) is 4.90 Å². The third-order valence-electron chi connectivity index (χ3n) is 2.19. The van der Waals surface area contributed by atoms with E-state index in [4.69, 9.17) is 5.73 Å². The number of benzene rings is 1. The van der Waals surface area contributed by atoms with Gasteiger partial charge in [0.2, 0.25) is 0 Å². The van der Waals surface area contributed by atoms with Crippen LogP contribution in [0.2, 0.25) is 0 Å². The van der Waals surface area contributed by atoms with Gasteiger partial charge in [0, 0.05) is 0 Å². The van der Waals surface area contributed by atoms with Crippen LogP contribution in [0.4, 0.5) is 20.2 Å². The molecule has 0 aliphatic rings. The minimum atomic E-state index is -4.23. The predicted molar refractivity (Wildman–Crippen MR) is 63.6 cm³/mol. The highest BCUT2D eigenvalue weighted by Crippen LogP contribution is 2.24. The number of nitrogen functional groups attached to an aromatic ring is 1. The Bertz CT molecular complexity index is 707. The maximum absolute atomic E-state index is 13.6. The summed E-state index contributed by atoms with van der Waals surface area (Å²) in [6.07, 6.45) is 3.58. The Labute approximate surface area is 107 Å². The van der Waals surface area contributed by atoms with E-state index in [-0.39, 0.29) is 5.69 Å². The molecule has 0 bridgehead atoms. The molecule has 1 aromatic carbocycles. The Balaban J connectivity index is 2.44. The van der Waals surface area contributed by atoms with Crippen molar-refractivity contribution in [3.05, 3.63) is 42.5 Å². The van der Waals surface area contributed by atoms with Crippen molar-refractivity contribution >= 4 is 21.4 Å². The van der Waals surface area contributed by atoms with Gasteiger partial charge in [-0.1, -0.05) is 0 Å². The molecular formula is C10H8F2N4O2S. The molecule has 2 aromatic rings. The lowest BCUT2D eigenvalue weighted by atomic mass is 10.3. The van der Waals surface area contributed by atoms with Crippen LogP contribution in [0.25, 0.3) is 0 Å². The van der Waals surface area contributed by atoms with Gasteiger partial charge in [0.25, 0.3) is 10.0 Å². The number of rotatable bonds is 3. The molecule has 0 amide bonds. The van der Waals surface area contributed by atoms with E-state index >= 15 is 0 Å². The summed E-state index contributed by atoms with van der Waals surface area (Å²) in [7, 11) is -4.23. The Morgan fingerprint density at radius 1 is 1.16 bits per heavy atom. The van der Waals surface area contributed by atoms with Crippen LogP contribution in [0, 0.1) is 11.6 Å². The van der Waals surface area contributed by atoms with Crippen molar-refractivity contribution in [1.82, 2.24) is 9.97 Å². The van der Waals surface area contributed by atoms with Gasteiger partial charge >= 0.3 is 0 Å². The second kappa shape index (κ2) is 4.76. The molecule has 0 aliphatic heterocycles. The number of hydrogen-bond acceptors (Lipinski definition) is 5. The van der Waals surface area contributed by atoms with Crippen molar-refractivity contribution in [2.24, 2.45) is 0 Å². The predicted octanol–water partition coefficient (Wildman–Crippen LogP) is 1.14. The van der Waals surface area contributed by atoms with Gasteiger partial charge in [-0.25, -0.2) is 27.2 Å². The summed E-state index contributed by atoms with van der Waals surface area (Å²) in [6, 6.07) is 1.56. The number of sulfonamides is 1. The molecule has 0 atom stereocenters. The second-order valence-electron chi connectivity index (χ2n) is 3.51. The fourth-order valence-electron chi connectivity index (χ4n) is 1.32. The minimum absolute atomic E-state index is 0.0461. The number of halogens is 2. The molecule has 0 radical (unpaired) electrons. The third-order valence-corrected chi connectivity index (χ3v) is 3.59. The third kappa shape index (κ3) is 2.60. The van der Waals surface area contributed by atoms with E-state index in [0.29, 0.717) is 0 Å². The van der Waals surface area contributed by atoms with Crippen molar-refractivity contribution in [3.63, 3.8) is 0 Å². The number of anilines is 2. The normalized spacial score (nSPS) is 11.3. The largest absolute Gasteiger partial charge is 0.394 e. The van der Waals surface area contributed by atoms with Crippen LogP contribution in [0.5, 0.6) is 0 Å². The highest BCUT2D eigenvalue weighted by atomic mass is 32.2. The lowest BCUT2D eigenvalue weighted by Gasteiger charge is -2.09. The van der Waals surface area contributed by atoms with Crippen molar-refractivity contribution < 1.29 is 17.2 Å². The number of hydrogen-bond donors (Lipinski definition) is 2. The van der Waals surface area contributed by atoms with Gasteiger partial charge in [0.15, 0.2) is 5.82 Å². The lowest BCUT2D eigenvalue weighted by molar-refractivity contribution is 0.557. The van der Waals surface area contributed by atoms with E-state index in [1.807, 2.05) is 0 Å². The topological polar surface area (TPSA) is 98.0 Å². The number of nitrogens with two attached hydrogens (primary N) is 1. The minimum Gasteiger partial charge on any atom is -0.394 e. The fraction of sp³-hybridized carbons (Fsp3) is 0. The Kier molecular flexibility index (Phi) is 3.30. The molecule has 1 aromatic heterocycles. The fourth-order valence-corrected chi connectivity index (χ4v) is 2.44. The van der Waals surface area contributed by atoms with E-state index < -0.39 is 32.2 Å². The summed E-state index contributed by atoms with van der Waals surface area (Å²) in [6.45, 7) is 0. The molecule has 0 saturated carbocycles. The van der Waals surface area contributed by atoms with E-state index in [9.17, 15) is 17.2 Å². The van der Waals surface area contributed by atoms with E-state index in [1.165, 1.54) is 18.7 Å². The monoisotopic (exact) mass is 286 g/mol. The van der Waals surface area contributed by atoms with Crippen molar-refractivity contribution in [2.75, 3.05) is 10.5 Å². The van der Waals surface area contributed by atoms with Gasteiger partial charge in [-0.05, 0) is 12.1 Å². The first-order valence-corrected chi connectivity index (χ1v) is 6.41. The molecule has 0 fully saturated rings. The molecule has 2 rings (SSSR count). The van der Waals surface area contributed by atoms with Crippen LogP contribution < -0.4 is 10.5 Å². The van der Waals surface area contributed by atoms with Gasteiger partial charge in [-0.15, -0.1) is 0 Å². The molecule has 9 heteroatoms. The SMILES string of the molecule is Nc1c(F)ccc(S(=O)(=O)Nc2cncnc2)c1F. The number of aromatic nitrogens is 2. The summed E-state index contributed by atoms with van der Waals surface area (Å²) >= 11 is 0. The zero-order chi connectivity index (χ0) is 14.0. The summed E-state index contributed by atoms with van der Waals surface area (Å²) in [5.74, 6) is -2.37. The van der Waals surface area contributed by atoms with Gasteiger partial charge in [0.05, 0.1) is 18.1 Å². The van der Waals surface area contributed by atoms with Crippen LogP contribution in [0.1, 0.15) is 0 Å². The standard InChI is InChI=1S/C10H8F2N4O2S/c11-7-1-2-8(9(12)10(7)13)19(17,18)16-6-3-14-5-15-4-6/h1-5,16H,13H2. The maximum atomic E-state index is 13.6. The average molecular weight is 286 g/mol. The highest BCUT2D eigenvalue weighted by Gasteiger charge is 2.22. The molecule has 0 spiro atoms. The maximum Gasteiger partial charge on any atom is 0.265 e. The van der Waals surface area contributed by atoms with E-state index in [1.54, 1.807) is 0 Å². The molecule has 19 heavy (non-hydrogen) atoms. The highest BCUT2D eigenvalue weighted by molar-refractivity contribution is 7.92. The summed E-state index contributed by atoms with van der Waals surface area (Å²) in [4.78, 5) is 6.45. The first-order valence-electron chi connectivity index (χ1n) is 4.93. The lowest BCUT2D eigenvalue weighted by Crippen LogP contribution is -2.16. The molecule has 3 N–H and O–H groups in total. The van der Waals surface area contributed by atoms with Crippen LogP contribution in [0.15, 0.2) is 35.7 Å².